The molecule has 25 heavy (non-hydrogen) atoms. The Morgan fingerprint density at radius 3 is 2.60 bits per heavy atom. The fourth-order valence-corrected chi connectivity index (χ4v) is 2.98. The number of anilines is 1. The summed E-state index contributed by atoms with van der Waals surface area (Å²) in [5.41, 5.74) is 2.76. The van der Waals surface area contributed by atoms with E-state index in [4.69, 9.17) is 4.74 Å². The quantitative estimate of drug-likeness (QED) is 0.773. The highest BCUT2D eigenvalue weighted by atomic mass is 16.5. The Morgan fingerprint density at radius 2 is 1.92 bits per heavy atom. The van der Waals surface area contributed by atoms with Crippen LogP contribution in [0.1, 0.15) is 19.5 Å². The number of rotatable bonds is 5. The maximum Gasteiger partial charge on any atom is 0.260 e. The van der Waals surface area contributed by atoms with Crippen LogP contribution in [-0.4, -0.2) is 28.2 Å². The molecule has 0 amide bonds. The summed E-state index contributed by atoms with van der Waals surface area (Å²) in [6, 6.07) is 9.40. The van der Waals surface area contributed by atoms with Crippen molar-refractivity contribution in [1.82, 2.24) is 14.5 Å². The van der Waals surface area contributed by atoms with Gasteiger partial charge in [0.15, 0.2) is 0 Å². The van der Waals surface area contributed by atoms with Gasteiger partial charge in [0.1, 0.15) is 11.4 Å². The predicted molar refractivity (Wildman–Crippen MR) is 100 cm³/mol. The Kier molecular flexibility index (Phi) is 4.70. The minimum atomic E-state index is -0.0833. The van der Waals surface area contributed by atoms with Crippen molar-refractivity contribution >= 4 is 17.0 Å². The first-order valence-electron chi connectivity index (χ1n) is 8.40. The van der Waals surface area contributed by atoms with Gasteiger partial charge in [-0.1, -0.05) is 18.2 Å². The zero-order valence-electron chi connectivity index (χ0n) is 15.0. The number of benzene rings is 1. The summed E-state index contributed by atoms with van der Waals surface area (Å²) in [4.78, 5) is 22.1. The molecule has 0 spiro atoms. The molecule has 0 saturated carbocycles. The van der Waals surface area contributed by atoms with E-state index in [-0.39, 0.29) is 5.56 Å². The monoisotopic (exact) mass is 338 g/mol. The molecule has 2 aromatic heterocycles. The van der Waals surface area contributed by atoms with Gasteiger partial charge in [-0.05, 0) is 32.9 Å². The maximum absolute atomic E-state index is 13.1. The average molecular weight is 338 g/mol. The highest BCUT2D eigenvalue weighted by Gasteiger charge is 2.16. The molecule has 0 saturated heterocycles. The van der Waals surface area contributed by atoms with Crippen LogP contribution in [0, 0.1) is 6.92 Å². The third-order valence-electron chi connectivity index (χ3n) is 4.18. The Labute approximate surface area is 146 Å². The van der Waals surface area contributed by atoms with Gasteiger partial charge in [0, 0.05) is 24.0 Å². The lowest BCUT2D eigenvalue weighted by Crippen LogP contribution is -2.23. The molecule has 0 aliphatic carbocycles. The third kappa shape index (κ3) is 2.95. The Hall–Kier alpha value is -2.89. The third-order valence-corrected chi connectivity index (χ3v) is 4.18. The second kappa shape index (κ2) is 6.93. The summed E-state index contributed by atoms with van der Waals surface area (Å²) in [6.45, 7) is 7.11. The molecule has 130 valence electrons. The van der Waals surface area contributed by atoms with E-state index in [0.29, 0.717) is 29.5 Å². The van der Waals surface area contributed by atoms with Gasteiger partial charge in [0.05, 0.1) is 18.4 Å². The lowest BCUT2D eigenvalue weighted by atomic mass is 10.0. The van der Waals surface area contributed by atoms with Crippen LogP contribution in [0.3, 0.4) is 0 Å². The van der Waals surface area contributed by atoms with Gasteiger partial charge in [-0.3, -0.25) is 9.36 Å². The number of methoxy groups -OCH3 is 1. The Morgan fingerprint density at radius 1 is 1.16 bits per heavy atom. The maximum atomic E-state index is 13.1. The fourth-order valence-electron chi connectivity index (χ4n) is 2.98. The normalized spacial score (nSPS) is 10.9. The predicted octanol–water partition coefficient (Wildman–Crippen LogP) is 3.23. The lowest BCUT2D eigenvalue weighted by molar-refractivity contribution is 0.416. The van der Waals surface area contributed by atoms with E-state index in [9.17, 15) is 4.79 Å². The minimum Gasteiger partial charge on any atom is -0.496 e. The van der Waals surface area contributed by atoms with E-state index >= 15 is 0 Å². The zero-order valence-corrected chi connectivity index (χ0v) is 15.0. The summed E-state index contributed by atoms with van der Waals surface area (Å²) >= 11 is 0. The number of pyridine rings is 1. The lowest BCUT2D eigenvalue weighted by Gasteiger charge is -2.14. The van der Waals surface area contributed by atoms with Gasteiger partial charge in [-0.25, -0.2) is 4.98 Å². The van der Waals surface area contributed by atoms with Gasteiger partial charge < -0.3 is 10.1 Å². The molecule has 0 bridgehead atoms. The largest absolute Gasteiger partial charge is 0.496 e. The molecule has 0 unspecified atom stereocenters. The molecule has 3 aromatic rings. The van der Waals surface area contributed by atoms with Crippen LogP contribution >= 0.6 is 0 Å². The molecule has 6 heteroatoms. The Balaban J connectivity index is 2.36. The number of hydrogen-bond donors (Lipinski definition) is 1. The molecule has 6 nitrogen and oxygen atoms in total. The van der Waals surface area contributed by atoms with Crippen molar-refractivity contribution in [2.75, 3.05) is 19.0 Å². The van der Waals surface area contributed by atoms with Crippen LogP contribution in [0.4, 0.5) is 5.95 Å². The van der Waals surface area contributed by atoms with Crippen LogP contribution < -0.4 is 15.6 Å². The van der Waals surface area contributed by atoms with Crippen molar-refractivity contribution < 1.29 is 4.74 Å². The van der Waals surface area contributed by atoms with Gasteiger partial charge in [-0.2, -0.15) is 4.98 Å². The van der Waals surface area contributed by atoms with E-state index in [1.165, 1.54) is 0 Å². The number of aryl methyl sites for hydroxylation is 2. The first kappa shape index (κ1) is 17.0. The minimum absolute atomic E-state index is 0.0833. The van der Waals surface area contributed by atoms with E-state index < -0.39 is 0 Å². The molecule has 0 radical (unpaired) electrons. The molecule has 1 aromatic carbocycles. The molecular formula is C19H22N4O2. The van der Waals surface area contributed by atoms with Crippen molar-refractivity contribution in [3.63, 3.8) is 0 Å². The molecule has 3 rings (SSSR count). The van der Waals surface area contributed by atoms with Gasteiger partial charge >= 0.3 is 0 Å². The fraction of sp³-hybridized carbons (Fsp3) is 0.316. The zero-order chi connectivity index (χ0) is 18.0. The molecule has 0 atom stereocenters. The van der Waals surface area contributed by atoms with E-state index in [0.717, 1.165) is 23.2 Å². The average Bonchev–Trinajstić information content (AvgIpc) is 2.62. The van der Waals surface area contributed by atoms with Crippen molar-refractivity contribution in [3.05, 3.63) is 46.4 Å². The van der Waals surface area contributed by atoms with E-state index in [1.807, 2.05) is 51.1 Å². The molecule has 2 heterocycles. The molecule has 0 aliphatic rings. The van der Waals surface area contributed by atoms with Crippen LogP contribution in [0.25, 0.3) is 22.2 Å². The number of nitrogens with zero attached hydrogens (tertiary/aromatic N) is 3. The van der Waals surface area contributed by atoms with E-state index in [2.05, 4.69) is 15.3 Å². The van der Waals surface area contributed by atoms with Crippen molar-refractivity contribution in [3.8, 4) is 16.9 Å². The van der Waals surface area contributed by atoms with Crippen molar-refractivity contribution in [2.45, 2.75) is 27.3 Å². The van der Waals surface area contributed by atoms with E-state index in [1.54, 1.807) is 11.7 Å². The second-order valence-corrected chi connectivity index (χ2v) is 5.71. The van der Waals surface area contributed by atoms with Gasteiger partial charge in [-0.15, -0.1) is 0 Å². The SMILES string of the molecule is CCNc1nc(C)c2cc(-c3ccccc3OC)c(=O)n(CC)c2n1. The number of fused-ring (bicyclic) bond motifs is 1. The van der Waals surface area contributed by atoms with Crippen LogP contribution in [0.2, 0.25) is 0 Å². The van der Waals surface area contributed by atoms with Crippen LogP contribution in [0.5, 0.6) is 5.75 Å². The molecule has 1 N–H and O–H groups in total. The smallest absolute Gasteiger partial charge is 0.260 e. The number of para-hydroxylation sites is 1. The highest BCUT2D eigenvalue weighted by Crippen LogP contribution is 2.29. The topological polar surface area (TPSA) is 69.0 Å². The molecule has 0 aliphatic heterocycles. The summed E-state index contributed by atoms with van der Waals surface area (Å²) in [5.74, 6) is 1.21. The number of hydrogen-bond acceptors (Lipinski definition) is 5. The van der Waals surface area contributed by atoms with Gasteiger partial charge in [0.25, 0.3) is 5.56 Å². The Bertz CT molecular complexity index is 979. The number of aromatic nitrogens is 3. The highest BCUT2D eigenvalue weighted by molar-refractivity contribution is 5.85. The molecule has 0 fully saturated rings. The standard InChI is InChI=1S/C19H22N4O2/c1-5-20-19-21-12(3)14-11-15(13-9-7-8-10-16(13)25-4)18(24)23(6-2)17(14)22-19/h7-11H,5-6H2,1-4H3,(H,20,21,22). The first-order valence-corrected chi connectivity index (χ1v) is 8.40. The van der Waals surface area contributed by atoms with Gasteiger partial charge in [0.2, 0.25) is 5.95 Å². The van der Waals surface area contributed by atoms with Crippen molar-refractivity contribution in [2.24, 2.45) is 0 Å². The van der Waals surface area contributed by atoms with Crippen LogP contribution in [-0.2, 0) is 6.54 Å². The summed E-state index contributed by atoms with van der Waals surface area (Å²) in [5, 5.41) is 3.98. The number of nitrogens with one attached hydrogen (secondary N) is 1. The number of ether oxygens (including phenoxy) is 1. The molecular weight excluding hydrogens is 316 g/mol. The first-order chi connectivity index (χ1) is 12.1. The summed E-state index contributed by atoms with van der Waals surface area (Å²) < 4.78 is 7.12. The second-order valence-electron chi connectivity index (χ2n) is 5.71. The van der Waals surface area contributed by atoms with Crippen molar-refractivity contribution in [1.29, 1.82) is 0 Å². The summed E-state index contributed by atoms with van der Waals surface area (Å²) in [6.07, 6.45) is 0. The summed E-state index contributed by atoms with van der Waals surface area (Å²) in [7, 11) is 1.61. The van der Waals surface area contributed by atoms with Crippen LogP contribution in [0.15, 0.2) is 35.1 Å².